The van der Waals surface area contributed by atoms with Gasteiger partial charge in [-0.1, -0.05) is 43.3 Å². The number of aromatic nitrogens is 4. The van der Waals surface area contributed by atoms with E-state index in [0.29, 0.717) is 16.5 Å². The zero-order valence-corrected chi connectivity index (χ0v) is 17.8. The molecule has 0 radical (unpaired) electrons. The van der Waals surface area contributed by atoms with Gasteiger partial charge < -0.3 is 5.32 Å². The molecule has 0 aliphatic rings. The first-order chi connectivity index (χ1) is 13.7. The molecule has 0 atom stereocenters. The molecule has 0 fully saturated rings. The topological polar surface area (TPSA) is 98.9 Å². The molecule has 2 aromatic heterocycles. The minimum Gasteiger partial charge on any atom is -0.325 e. The van der Waals surface area contributed by atoms with E-state index in [2.05, 4.69) is 15.3 Å². The second kappa shape index (κ2) is 8.20. The Labute approximate surface area is 172 Å². The number of hydrogen-bond donors (Lipinski definition) is 1. The first-order valence-electron chi connectivity index (χ1n) is 9.16. The molecule has 1 N–H and O–H groups in total. The zero-order valence-electron chi connectivity index (χ0n) is 17.0. The Bertz CT molecular complexity index is 1200. The van der Waals surface area contributed by atoms with Crippen LogP contribution in [-0.4, -0.2) is 30.8 Å². The third-order valence-electron chi connectivity index (χ3n) is 4.48. The molecule has 152 valence electrons. The Hall–Kier alpha value is -2.94. The number of fused-ring (bicyclic) bond motifs is 1. The van der Waals surface area contributed by atoms with Crippen LogP contribution in [0, 0.1) is 6.92 Å². The van der Waals surface area contributed by atoms with Crippen LogP contribution in [0.5, 0.6) is 0 Å². The summed E-state index contributed by atoms with van der Waals surface area (Å²) in [5.41, 5.74) is 1.16. The van der Waals surface area contributed by atoms with E-state index in [4.69, 9.17) is 0 Å². The van der Waals surface area contributed by atoms with Gasteiger partial charge in [-0.3, -0.25) is 18.7 Å². The third kappa shape index (κ3) is 4.24. The molecular formula is C20H23N5O3S. The molecule has 0 aliphatic heterocycles. The smallest absolute Gasteiger partial charge is 0.325 e. The monoisotopic (exact) mass is 413 g/mol. The summed E-state index contributed by atoms with van der Waals surface area (Å²) in [5.74, 6) is 0.378. The number of nitrogens with one attached hydrogen (secondary N) is 1. The van der Waals surface area contributed by atoms with Crippen molar-refractivity contribution in [2.45, 2.75) is 31.7 Å². The molecule has 3 aromatic rings. The summed E-state index contributed by atoms with van der Waals surface area (Å²) < 4.78 is 2.36. The van der Waals surface area contributed by atoms with Crippen LogP contribution in [0.3, 0.4) is 0 Å². The van der Waals surface area contributed by atoms with Gasteiger partial charge in [0, 0.05) is 25.7 Å². The van der Waals surface area contributed by atoms with E-state index in [1.807, 2.05) is 45.0 Å². The molecule has 1 amide bonds. The maximum Gasteiger partial charge on any atom is 0.332 e. The normalized spacial score (nSPS) is 11.2. The van der Waals surface area contributed by atoms with Crippen LogP contribution >= 0.6 is 11.8 Å². The van der Waals surface area contributed by atoms with Gasteiger partial charge in [0.1, 0.15) is 16.2 Å². The Kier molecular flexibility index (Phi) is 5.88. The lowest BCUT2D eigenvalue weighted by Gasteiger charge is -2.13. The van der Waals surface area contributed by atoms with Crippen molar-refractivity contribution in [3.8, 4) is 0 Å². The summed E-state index contributed by atoms with van der Waals surface area (Å²) in [7, 11) is 2.98. The Morgan fingerprint density at radius 3 is 2.38 bits per heavy atom. The summed E-state index contributed by atoms with van der Waals surface area (Å²) in [6.45, 7) is 5.83. The van der Waals surface area contributed by atoms with E-state index < -0.39 is 11.2 Å². The van der Waals surface area contributed by atoms with E-state index in [1.165, 1.54) is 11.6 Å². The number of thioether (sulfide) groups is 1. The van der Waals surface area contributed by atoms with Crippen molar-refractivity contribution in [2.75, 3.05) is 11.1 Å². The third-order valence-corrected chi connectivity index (χ3v) is 5.45. The SMILES string of the molecule is Cc1ccc(NC(=O)CSc2nc(C(C)C)nc3c2c(=O)n(C)c(=O)n3C)cc1. The number of anilines is 1. The van der Waals surface area contributed by atoms with Crippen LogP contribution in [-0.2, 0) is 18.9 Å². The van der Waals surface area contributed by atoms with Crippen LogP contribution in [0.2, 0.25) is 0 Å². The molecule has 1 aromatic carbocycles. The summed E-state index contributed by atoms with van der Waals surface area (Å²) >= 11 is 1.16. The quantitative estimate of drug-likeness (QED) is 0.509. The number of hydrogen-bond acceptors (Lipinski definition) is 6. The molecule has 29 heavy (non-hydrogen) atoms. The fraction of sp³-hybridized carbons (Fsp3) is 0.350. The molecule has 0 aliphatic carbocycles. The summed E-state index contributed by atoms with van der Waals surface area (Å²) in [4.78, 5) is 46.3. The standard InChI is InChI=1S/C20H23N5O3S/c1-11(2)16-22-17-15(19(27)25(5)20(28)24(17)4)18(23-16)29-10-14(26)21-13-8-6-12(3)7-9-13/h6-9,11H,10H2,1-5H3,(H,21,26). The second-order valence-electron chi connectivity index (χ2n) is 7.15. The predicted molar refractivity (Wildman–Crippen MR) is 115 cm³/mol. The zero-order chi connectivity index (χ0) is 21.3. The summed E-state index contributed by atoms with van der Waals surface area (Å²) in [5, 5.41) is 3.47. The molecule has 8 nitrogen and oxygen atoms in total. The van der Waals surface area contributed by atoms with Crippen molar-refractivity contribution in [1.29, 1.82) is 0 Å². The average molecular weight is 414 g/mol. The van der Waals surface area contributed by atoms with Crippen LogP contribution in [0.25, 0.3) is 11.0 Å². The van der Waals surface area contributed by atoms with Crippen molar-refractivity contribution in [3.63, 3.8) is 0 Å². The van der Waals surface area contributed by atoms with Crippen molar-refractivity contribution in [3.05, 3.63) is 56.5 Å². The molecule has 0 saturated carbocycles. The molecule has 0 saturated heterocycles. The maximum atomic E-state index is 12.7. The van der Waals surface area contributed by atoms with Crippen LogP contribution < -0.4 is 16.6 Å². The van der Waals surface area contributed by atoms with Crippen molar-refractivity contribution in [2.24, 2.45) is 14.1 Å². The van der Waals surface area contributed by atoms with Gasteiger partial charge in [-0.15, -0.1) is 0 Å². The lowest BCUT2D eigenvalue weighted by atomic mass is 10.2. The lowest BCUT2D eigenvalue weighted by Crippen LogP contribution is -2.38. The van der Waals surface area contributed by atoms with Crippen LogP contribution in [0.4, 0.5) is 5.69 Å². The Balaban J connectivity index is 1.97. The lowest BCUT2D eigenvalue weighted by molar-refractivity contribution is -0.113. The minimum absolute atomic E-state index is 0.000653. The molecule has 0 unspecified atom stereocenters. The Morgan fingerprint density at radius 1 is 1.10 bits per heavy atom. The highest BCUT2D eigenvalue weighted by Gasteiger charge is 2.19. The maximum absolute atomic E-state index is 12.7. The first-order valence-corrected chi connectivity index (χ1v) is 10.1. The van der Waals surface area contributed by atoms with Crippen LogP contribution in [0.1, 0.15) is 31.2 Å². The highest BCUT2D eigenvalue weighted by Crippen LogP contribution is 2.24. The largest absolute Gasteiger partial charge is 0.332 e. The van der Waals surface area contributed by atoms with Crippen molar-refractivity contribution >= 4 is 34.4 Å². The highest BCUT2D eigenvalue weighted by molar-refractivity contribution is 8.00. The first kappa shape index (κ1) is 20.8. The number of carbonyl (C=O) groups is 1. The van der Waals surface area contributed by atoms with Crippen molar-refractivity contribution < 1.29 is 4.79 Å². The van der Waals surface area contributed by atoms with Gasteiger partial charge >= 0.3 is 5.69 Å². The molecule has 0 spiro atoms. The van der Waals surface area contributed by atoms with E-state index in [0.717, 1.165) is 21.9 Å². The number of rotatable bonds is 5. The molecule has 3 rings (SSSR count). The van der Waals surface area contributed by atoms with Crippen LogP contribution in [0.15, 0.2) is 38.9 Å². The number of nitrogens with zero attached hydrogens (tertiary/aromatic N) is 4. The summed E-state index contributed by atoms with van der Waals surface area (Å²) in [6.07, 6.45) is 0. The molecule has 0 bridgehead atoms. The number of aryl methyl sites for hydroxylation is 2. The van der Waals surface area contributed by atoms with E-state index >= 15 is 0 Å². The van der Waals surface area contributed by atoms with Gasteiger partial charge in [0.05, 0.1) is 5.75 Å². The van der Waals surface area contributed by atoms with Gasteiger partial charge in [-0.25, -0.2) is 14.8 Å². The second-order valence-corrected chi connectivity index (χ2v) is 8.11. The van der Waals surface area contributed by atoms with Gasteiger partial charge in [0.25, 0.3) is 5.56 Å². The van der Waals surface area contributed by atoms with E-state index in [-0.39, 0.29) is 28.6 Å². The average Bonchev–Trinajstić information content (AvgIpc) is 2.70. The van der Waals surface area contributed by atoms with Gasteiger partial charge in [-0.05, 0) is 19.1 Å². The van der Waals surface area contributed by atoms with Gasteiger partial charge in [-0.2, -0.15) is 0 Å². The number of amides is 1. The molecular weight excluding hydrogens is 390 g/mol. The highest BCUT2D eigenvalue weighted by atomic mass is 32.2. The minimum atomic E-state index is -0.472. The fourth-order valence-corrected chi connectivity index (χ4v) is 3.60. The van der Waals surface area contributed by atoms with E-state index in [9.17, 15) is 14.4 Å². The van der Waals surface area contributed by atoms with E-state index in [1.54, 1.807) is 7.05 Å². The summed E-state index contributed by atoms with van der Waals surface area (Å²) in [6, 6.07) is 7.50. The van der Waals surface area contributed by atoms with Gasteiger partial charge in [0.15, 0.2) is 5.65 Å². The number of carbonyl (C=O) groups excluding carboxylic acids is 1. The van der Waals surface area contributed by atoms with Crippen molar-refractivity contribution in [1.82, 2.24) is 19.1 Å². The predicted octanol–water partition coefficient (Wildman–Crippen LogP) is 2.19. The fourth-order valence-electron chi connectivity index (χ4n) is 2.78. The molecule has 2 heterocycles. The number of benzene rings is 1. The Morgan fingerprint density at radius 2 is 1.76 bits per heavy atom. The molecule has 9 heteroatoms. The van der Waals surface area contributed by atoms with Gasteiger partial charge in [0.2, 0.25) is 5.91 Å².